The monoisotopic (exact) mass is 564 g/mol. The first-order chi connectivity index (χ1) is 18.2. The van der Waals surface area contributed by atoms with Crippen molar-refractivity contribution in [1.82, 2.24) is 14.2 Å². The molecule has 1 N–H and O–H groups in total. The van der Waals surface area contributed by atoms with Crippen molar-refractivity contribution in [3.8, 4) is 0 Å². The summed E-state index contributed by atoms with van der Waals surface area (Å²) in [5.41, 5.74) is -0.530. The molecule has 2 aromatic rings. The number of anilines is 1. The molecule has 0 radical (unpaired) electrons. The Balaban J connectivity index is 1.31. The first-order valence-corrected chi connectivity index (χ1v) is 15.7. The average Bonchev–Trinajstić information content (AvgIpc) is 3.56. The number of fused-ring (bicyclic) bond motifs is 1. The number of benzene rings is 1. The molecule has 38 heavy (non-hydrogen) atoms. The number of sulfone groups is 1. The predicted octanol–water partition coefficient (Wildman–Crippen LogP) is 3.09. The molecule has 0 spiro atoms. The van der Waals surface area contributed by atoms with Gasteiger partial charge in [0.1, 0.15) is 12.0 Å². The highest BCUT2D eigenvalue weighted by molar-refractivity contribution is 7.91. The quantitative estimate of drug-likeness (QED) is 0.481. The molecule has 3 aliphatic rings. The molecular weight excluding hydrogens is 531 g/mol. The largest absolute Gasteiger partial charge is 0.352 e. The van der Waals surface area contributed by atoms with Crippen LogP contribution in [0.15, 0.2) is 52.3 Å². The lowest BCUT2D eigenvalue weighted by atomic mass is 10.0. The Labute approximate surface area is 223 Å². The molecule has 0 saturated carbocycles. The molecule has 3 saturated heterocycles. The normalized spacial score (nSPS) is 31.4. The zero-order valence-corrected chi connectivity index (χ0v) is 23.3. The van der Waals surface area contributed by atoms with Crippen molar-refractivity contribution >= 4 is 30.1 Å². The van der Waals surface area contributed by atoms with Gasteiger partial charge in [0.25, 0.3) is 8.53 Å². The lowest BCUT2D eigenvalue weighted by molar-refractivity contribution is -0.114. The maximum Gasteiger partial charge on any atom is 0.351 e. The molecule has 1 aromatic heterocycles. The van der Waals surface area contributed by atoms with E-state index in [9.17, 15) is 18.0 Å². The van der Waals surface area contributed by atoms with E-state index in [1.807, 2.05) is 13.8 Å². The number of carbonyl (C=O) groups excluding carboxylic acids is 1. The minimum atomic E-state index is -3.51. The van der Waals surface area contributed by atoms with Crippen LogP contribution < -0.4 is 11.0 Å². The summed E-state index contributed by atoms with van der Waals surface area (Å²) in [7, 11) is -5.00. The highest BCUT2D eigenvalue weighted by atomic mass is 32.2. The molecule has 5 rings (SSSR count). The molecule has 11 nitrogen and oxygen atoms in total. The van der Waals surface area contributed by atoms with E-state index in [0.29, 0.717) is 11.3 Å². The Morgan fingerprint density at radius 1 is 1.24 bits per heavy atom. The Kier molecular flexibility index (Phi) is 8.00. The van der Waals surface area contributed by atoms with Crippen molar-refractivity contribution in [2.45, 2.75) is 75.5 Å². The smallest absolute Gasteiger partial charge is 0.351 e. The van der Waals surface area contributed by atoms with Crippen LogP contribution >= 0.6 is 8.53 Å². The van der Waals surface area contributed by atoms with Crippen molar-refractivity contribution in [3.63, 3.8) is 0 Å². The maximum atomic E-state index is 13.1. The summed E-state index contributed by atoms with van der Waals surface area (Å²) < 4.78 is 48.9. The average molecular weight is 565 g/mol. The lowest BCUT2D eigenvalue weighted by Crippen LogP contribution is -2.34. The van der Waals surface area contributed by atoms with Crippen LogP contribution in [0.1, 0.15) is 46.3 Å². The Bertz CT molecular complexity index is 1320. The number of ether oxygens (including phenoxy) is 1. The number of nitrogens with one attached hydrogen (secondary N) is 1. The summed E-state index contributed by atoms with van der Waals surface area (Å²) in [5.74, 6) is -0.430. The molecule has 7 atom stereocenters. The number of amides is 1. The minimum Gasteiger partial charge on any atom is -0.352 e. The third kappa shape index (κ3) is 5.43. The summed E-state index contributed by atoms with van der Waals surface area (Å²) in [6.07, 6.45) is 2.32. The molecule has 1 unspecified atom stereocenters. The molecule has 3 fully saturated rings. The van der Waals surface area contributed by atoms with Gasteiger partial charge in [-0.25, -0.2) is 17.9 Å². The van der Waals surface area contributed by atoms with Crippen molar-refractivity contribution in [3.05, 3.63) is 53.1 Å². The first-order valence-electron chi connectivity index (χ1n) is 12.9. The van der Waals surface area contributed by atoms with Gasteiger partial charge in [0.15, 0.2) is 9.84 Å². The summed E-state index contributed by atoms with van der Waals surface area (Å²) in [4.78, 5) is 28.3. The fourth-order valence-electron chi connectivity index (χ4n) is 5.42. The van der Waals surface area contributed by atoms with E-state index >= 15 is 0 Å². The van der Waals surface area contributed by atoms with E-state index in [0.717, 1.165) is 19.4 Å². The van der Waals surface area contributed by atoms with Crippen LogP contribution in [0.3, 0.4) is 0 Å². The van der Waals surface area contributed by atoms with Gasteiger partial charge in [0, 0.05) is 31.6 Å². The van der Waals surface area contributed by atoms with Crippen LogP contribution in [-0.4, -0.2) is 65.2 Å². The third-order valence-electron chi connectivity index (χ3n) is 7.29. The number of nitrogens with zero attached hydrogens (tertiary/aromatic N) is 3. The maximum absolute atomic E-state index is 13.1. The molecule has 3 aliphatic heterocycles. The predicted molar refractivity (Wildman–Crippen MR) is 141 cm³/mol. The number of aromatic nitrogens is 2. The van der Waals surface area contributed by atoms with Gasteiger partial charge in [-0.15, -0.1) is 0 Å². The minimum absolute atomic E-state index is 0.0127. The second-order valence-corrected chi connectivity index (χ2v) is 13.4. The molecule has 13 heteroatoms. The van der Waals surface area contributed by atoms with Gasteiger partial charge in [-0.05, 0) is 37.5 Å². The molecular formula is C25H33N4O7PS. The van der Waals surface area contributed by atoms with E-state index in [4.69, 9.17) is 13.8 Å². The molecule has 1 amide bonds. The van der Waals surface area contributed by atoms with Crippen LogP contribution in [0.25, 0.3) is 0 Å². The number of hydrogen-bond donors (Lipinski definition) is 1. The van der Waals surface area contributed by atoms with Crippen LogP contribution in [0.2, 0.25) is 0 Å². The lowest BCUT2D eigenvalue weighted by Gasteiger charge is -2.27. The highest BCUT2D eigenvalue weighted by Gasteiger charge is 2.52. The summed E-state index contributed by atoms with van der Waals surface area (Å²) in [6, 6.07) is 10.00. The van der Waals surface area contributed by atoms with Gasteiger partial charge < -0.3 is 19.1 Å². The van der Waals surface area contributed by atoms with Gasteiger partial charge in [-0.2, -0.15) is 4.98 Å². The molecule has 0 aliphatic carbocycles. The van der Waals surface area contributed by atoms with E-state index in [1.165, 1.54) is 11.5 Å². The van der Waals surface area contributed by atoms with Crippen molar-refractivity contribution < 1.29 is 27.0 Å². The van der Waals surface area contributed by atoms with Crippen LogP contribution in [0.4, 0.5) is 5.82 Å². The number of rotatable bonds is 8. The molecule has 4 heterocycles. The Hall–Kier alpha value is -2.21. The molecule has 206 valence electrons. The summed E-state index contributed by atoms with van der Waals surface area (Å²) in [5, 5.41) is 2.51. The van der Waals surface area contributed by atoms with Gasteiger partial charge in [0.2, 0.25) is 5.91 Å². The zero-order chi connectivity index (χ0) is 27.0. The fourth-order valence-corrected chi connectivity index (χ4v) is 9.10. The topological polar surface area (TPSA) is 129 Å². The van der Waals surface area contributed by atoms with Crippen molar-refractivity contribution in [2.75, 3.05) is 17.6 Å². The molecule has 0 bridgehead atoms. The fraction of sp³-hybridized carbons (Fsp3) is 0.560. The van der Waals surface area contributed by atoms with E-state index < -0.39 is 36.4 Å². The van der Waals surface area contributed by atoms with Gasteiger partial charge in [0.05, 0.1) is 29.0 Å². The van der Waals surface area contributed by atoms with Crippen LogP contribution in [0, 0.1) is 5.92 Å². The van der Waals surface area contributed by atoms with Crippen LogP contribution in [-0.2, 0) is 28.4 Å². The highest BCUT2D eigenvalue weighted by Crippen LogP contribution is 2.58. The second kappa shape index (κ2) is 11.1. The van der Waals surface area contributed by atoms with Gasteiger partial charge in [-0.3, -0.25) is 9.36 Å². The summed E-state index contributed by atoms with van der Waals surface area (Å²) in [6.45, 7) is 6.09. The van der Waals surface area contributed by atoms with Gasteiger partial charge in [-0.1, -0.05) is 32.0 Å². The molecule has 1 aromatic carbocycles. The second-order valence-electron chi connectivity index (χ2n) is 9.94. The van der Waals surface area contributed by atoms with E-state index in [-0.39, 0.29) is 41.6 Å². The van der Waals surface area contributed by atoms with E-state index in [1.54, 1.807) is 42.6 Å². The number of carbonyl (C=O) groups is 1. The Morgan fingerprint density at radius 3 is 2.68 bits per heavy atom. The van der Waals surface area contributed by atoms with Crippen LogP contribution in [0.5, 0.6) is 0 Å². The Morgan fingerprint density at radius 2 is 2.00 bits per heavy atom. The van der Waals surface area contributed by atoms with E-state index in [2.05, 4.69) is 15.0 Å². The first kappa shape index (κ1) is 27.4. The van der Waals surface area contributed by atoms with Gasteiger partial charge >= 0.3 is 5.69 Å². The number of hydrogen-bond acceptors (Lipinski definition) is 9. The summed E-state index contributed by atoms with van der Waals surface area (Å²) >= 11 is 0. The zero-order valence-electron chi connectivity index (χ0n) is 21.6. The van der Waals surface area contributed by atoms with Crippen molar-refractivity contribution in [2.24, 2.45) is 5.92 Å². The third-order valence-corrected chi connectivity index (χ3v) is 10.8. The standard InChI is InChI=1S/C25H33N4O7PS/c1-4-20-23(16(2)24(34-20)28-14-12-22(26-17(3)30)27-25(28)31)36-37-29-13-8-11-19(29)21(35-37)15-38(32,33)18-9-6-5-7-10-18/h5-7,9-10,12,14,16,19-21,23-24H,4,8,11,13,15H2,1-3H3,(H,26,27,30,31)/t16-,19+,20-,21-,23?,24-,37-/m1/s1. The van der Waals surface area contributed by atoms with Crippen molar-refractivity contribution in [1.29, 1.82) is 0 Å². The SMILES string of the molecule is CC[C@H]1O[C@@H](n2ccc(NC(C)=O)nc2=O)[C@H](C)C1O[P@@]1O[C@H](CS(=O)(=O)c2ccccc2)[C@@H]2CCCN21.